The van der Waals surface area contributed by atoms with E-state index in [1.54, 1.807) is 13.3 Å². The molecule has 178 valence electrons. The molecule has 1 aromatic heterocycles. The van der Waals surface area contributed by atoms with Gasteiger partial charge in [-0.15, -0.1) is 0 Å². The lowest BCUT2D eigenvalue weighted by Crippen LogP contribution is -2.30. The number of carbonyl (C=O) groups is 1. The van der Waals surface area contributed by atoms with Gasteiger partial charge in [0.25, 0.3) is 5.91 Å². The molecule has 0 saturated carbocycles. The van der Waals surface area contributed by atoms with E-state index in [-0.39, 0.29) is 5.91 Å². The SMILES string of the molecule is COc1ccc(-c2cccc3cnc(NNC(=O)c4cccc(CCN5CCCC5)c4)nc23)cc1. The molecule has 7 heteroatoms. The number of aromatic nitrogens is 2. The first-order valence-electron chi connectivity index (χ1n) is 12.0. The Morgan fingerprint density at radius 1 is 1.03 bits per heavy atom. The zero-order chi connectivity index (χ0) is 24.0. The molecule has 1 aliphatic heterocycles. The highest BCUT2D eigenvalue weighted by Gasteiger charge is 2.13. The third-order valence-electron chi connectivity index (χ3n) is 6.40. The maximum atomic E-state index is 12.8. The number of ether oxygens (including phenoxy) is 1. The monoisotopic (exact) mass is 467 g/mol. The van der Waals surface area contributed by atoms with Crippen LogP contribution in [0, 0.1) is 0 Å². The quantitative estimate of drug-likeness (QED) is 0.366. The number of anilines is 1. The molecule has 2 N–H and O–H groups in total. The van der Waals surface area contributed by atoms with Crippen LogP contribution in [0.15, 0.2) is 72.9 Å². The number of hydrogen-bond acceptors (Lipinski definition) is 6. The van der Waals surface area contributed by atoms with E-state index in [0.717, 1.165) is 46.3 Å². The number of hydrazine groups is 1. The molecule has 1 fully saturated rings. The van der Waals surface area contributed by atoms with Crippen LogP contribution in [-0.2, 0) is 6.42 Å². The molecule has 4 aromatic rings. The van der Waals surface area contributed by atoms with E-state index in [1.807, 2.05) is 60.7 Å². The molecule has 2 heterocycles. The second kappa shape index (κ2) is 10.5. The number of rotatable bonds is 8. The number of nitrogens with zero attached hydrogens (tertiary/aromatic N) is 3. The lowest BCUT2D eigenvalue weighted by molar-refractivity contribution is 0.0962. The molecule has 0 spiro atoms. The van der Waals surface area contributed by atoms with Crippen molar-refractivity contribution in [1.29, 1.82) is 0 Å². The van der Waals surface area contributed by atoms with Gasteiger partial charge in [-0.25, -0.2) is 9.97 Å². The van der Waals surface area contributed by atoms with Crippen LogP contribution in [0.2, 0.25) is 0 Å². The molecule has 3 aromatic carbocycles. The molecule has 1 aliphatic rings. The molecular weight excluding hydrogens is 438 g/mol. The summed E-state index contributed by atoms with van der Waals surface area (Å²) < 4.78 is 5.27. The van der Waals surface area contributed by atoms with Gasteiger partial charge in [0.2, 0.25) is 5.95 Å². The summed E-state index contributed by atoms with van der Waals surface area (Å²) in [6.07, 6.45) is 5.26. The fraction of sp³-hybridized carbons (Fsp3) is 0.250. The van der Waals surface area contributed by atoms with E-state index in [0.29, 0.717) is 11.5 Å². The maximum absolute atomic E-state index is 12.8. The summed E-state index contributed by atoms with van der Waals surface area (Å²) in [7, 11) is 1.65. The van der Waals surface area contributed by atoms with Crippen molar-refractivity contribution in [3.63, 3.8) is 0 Å². The highest BCUT2D eigenvalue weighted by molar-refractivity contribution is 5.96. The Kier molecular flexibility index (Phi) is 6.86. The lowest BCUT2D eigenvalue weighted by atomic mass is 10.0. The largest absolute Gasteiger partial charge is 0.497 e. The van der Waals surface area contributed by atoms with E-state index in [9.17, 15) is 4.79 Å². The van der Waals surface area contributed by atoms with Crippen LogP contribution in [0.1, 0.15) is 28.8 Å². The second-order valence-corrected chi connectivity index (χ2v) is 8.74. The molecule has 35 heavy (non-hydrogen) atoms. The first-order valence-corrected chi connectivity index (χ1v) is 12.0. The first-order chi connectivity index (χ1) is 17.2. The molecule has 0 aliphatic carbocycles. The summed E-state index contributed by atoms with van der Waals surface area (Å²) in [5.41, 5.74) is 10.2. The number of para-hydroxylation sites is 1. The van der Waals surface area contributed by atoms with Gasteiger partial charge in [0.05, 0.1) is 12.6 Å². The Hall–Kier alpha value is -3.97. The van der Waals surface area contributed by atoms with Gasteiger partial charge in [-0.05, 0) is 67.7 Å². The average molecular weight is 468 g/mol. The number of amides is 1. The van der Waals surface area contributed by atoms with Crippen LogP contribution in [0.4, 0.5) is 5.95 Å². The Morgan fingerprint density at radius 2 is 1.83 bits per heavy atom. The standard InChI is InChI=1S/C28H29N5O2/c1-35-24-12-10-21(11-13-24)25-9-5-8-23-19-29-28(30-26(23)25)32-31-27(34)22-7-4-6-20(18-22)14-17-33-15-2-3-16-33/h4-13,18-19H,2-3,14-17H2,1H3,(H,31,34)(H,29,30,32). The van der Waals surface area contributed by atoms with Gasteiger partial charge in [-0.1, -0.05) is 42.5 Å². The highest BCUT2D eigenvalue weighted by atomic mass is 16.5. The average Bonchev–Trinajstić information content (AvgIpc) is 3.44. The zero-order valence-corrected chi connectivity index (χ0v) is 19.8. The third kappa shape index (κ3) is 5.41. The number of nitrogens with one attached hydrogen (secondary N) is 2. The summed E-state index contributed by atoms with van der Waals surface area (Å²) in [5, 5.41) is 0.917. The van der Waals surface area contributed by atoms with Crippen molar-refractivity contribution in [2.45, 2.75) is 19.3 Å². The summed E-state index contributed by atoms with van der Waals surface area (Å²) in [6.45, 7) is 3.39. The van der Waals surface area contributed by atoms with Crippen molar-refractivity contribution in [1.82, 2.24) is 20.3 Å². The minimum atomic E-state index is -0.222. The predicted molar refractivity (Wildman–Crippen MR) is 138 cm³/mol. The third-order valence-corrected chi connectivity index (χ3v) is 6.40. The molecule has 1 amide bonds. The van der Waals surface area contributed by atoms with Crippen LogP contribution in [-0.4, -0.2) is 47.5 Å². The fourth-order valence-electron chi connectivity index (χ4n) is 4.47. The Balaban J connectivity index is 1.28. The lowest BCUT2D eigenvalue weighted by Gasteiger charge is -2.14. The molecule has 5 rings (SSSR count). The van der Waals surface area contributed by atoms with Gasteiger partial charge >= 0.3 is 0 Å². The van der Waals surface area contributed by atoms with Gasteiger partial charge in [-0.3, -0.25) is 15.6 Å². The Bertz CT molecular complexity index is 1320. The van der Waals surface area contributed by atoms with Gasteiger partial charge < -0.3 is 9.64 Å². The topological polar surface area (TPSA) is 79.4 Å². The van der Waals surface area contributed by atoms with Crippen LogP contribution in [0.25, 0.3) is 22.0 Å². The molecule has 0 atom stereocenters. The van der Waals surface area contributed by atoms with E-state index in [4.69, 9.17) is 4.74 Å². The summed E-state index contributed by atoms with van der Waals surface area (Å²) in [5.74, 6) is 0.908. The van der Waals surface area contributed by atoms with E-state index in [2.05, 4.69) is 31.8 Å². The molecule has 7 nitrogen and oxygen atoms in total. The Morgan fingerprint density at radius 3 is 2.63 bits per heavy atom. The molecule has 0 bridgehead atoms. The fourth-order valence-corrected chi connectivity index (χ4v) is 4.47. The highest BCUT2D eigenvalue weighted by Crippen LogP contribution is 2.29. The van der Waals surface area contributed by atoms with Crippen LogP contribution in [0.5, 0.6) is 5.75 Å². The summed E-state index contributed by atoms with van der Waals surface area (Å²) >= 11 is 0. The van der Waals surface area contributed by atoms with Crippen LogP contribution >= 0.6 is 0 Å². The number of methoxy groups -OCH3 is 1. The van der Waals surface area contributed by atoms with Crippen LogP contribution < -0.4 is 15.6 Å². The zero-order valence-electron chi connectivity index (χ0n) is 19.8. The van der Waals surface area contributed by atoms with E-state index in [1.165, 1.54) is 25.9 Å². The molecule has 1 saturated heterocycles. The van der Waals surface area contributed by atoms with Gasteiger partial charge in [0.1, 0.15) is 5.75 Å². The smallest absolute Gasteiger partial charge is 0.269 e. The van der Waals surface area contributed by atoms with E-state index < -0.39 is 0 Å². The van der Waals surface area contributed by atoms with Crippen molar-refractivity contribution in [2.75, 3.05) is 32.2 Å². The van der Waals surface area contributed by atoms with Crippen molar-refractivity contribution < 1.29 is 9.53 Å². The maximum Gasteiger partial charge on any atom is 0.269 e. The molecule has 0 radical (unpaired) electrons. The predicted octanol–water partition coefficient (Wildman–Crippen LogP) is 4.70. The molecule has 0 unspecified atom stereocenters. The first kappa shape index (κ1) is 22.8. The summed E-state index contributed by atoms with van der Waals surface area (Å²) in [6, 6.07) is 21.6. The van der Waals surface area contributed by atoms with Crippen molar-refractivity contribution >= 4 is 22.8 Å². The van der Waals surface area contributed by atoms with Gasteiger partial charge in [0, 0.05) is 29.3 Å². The number of hydrogen-bond donors (Lipinski definition) is 2. The molecular formula is C28H29N5O2. The minimum Gasteiger partial charge on any atom is -0.497 e. The van der Waals surface area contributed by atoms with Crippen molar-refractivity contribution in [3.05, 3.63) is 84.1 Å². The normalized spacial score (nSPS) is 13.6. The Labute approximate surface area is 205 Å². The van der Waals surface area contributed by atoms with Crippen molar-refractivity contribution in [3.8, 4) is 16.9 Å². The van der Waals surface area contributed by atoms with Crippen LogP contribution in [0.3, 0.4) is 0 Å². The number of likely N-dealkylation sites (tertiary alicyclic amines) is 1. The number of benzene rings is 3. The van der Waals surface area contributed by atoms with E-state index >= 15 is 0 Å². The summed E-state index contributed by atoms with van der Waals surface area (Å²) in [4.78, 5) is 24.3. The number of fused-ring (bicyclic) bond motifs is 1. The second-order valence-electron chi connectivity index (χ2n) is 8.74. The van der Waals surface area contributed by atoms with Gasteiger partial charge in [0.15, 0.2) is 0 Å². The van der Waals surface area contributed by atoms with Gasteiger partial charge in [-0.2, -0.15) is 0 Å². The van der Waals surface area contributed by atoms with Crippen molar-refractivity contribution in [2.24, 2.45) is 0 Å². The number of carbonyl (C=O) groups excluding carboxylic acids is 1. The minimum absolute atomic E-state index is 0.222.